The lowest BCUT2D eigenvalue weighted by atomic mass is 10.1. The first-order valence-electron chi connectivity index (χ1n) is 11.0. The molecule has 1 aliphatic rings. The standard InChI is InChI=1S/C26H26N6O/c1-3-18(2)31-15-7-8-20(16-31)32-26-23(25(27)28-17-29-26)24(30-32)19-11-13-22(14-12-19)33-21-9-5-4-6-10-21/h3-6,9-14,17,20H,1-2,7-8,15-16H2,(H2,27,28,29). The van der Waals surface area contributed by atoms with Gasteiger partial charge in [0.2, 0.25) is 0 Å². The van der Waals surface area contributed by atoms with Crippen molar-refractivity contribution in [3.05, 3.63) is 85.9 Å². The Hall–Kier alpha value is -4.13. The van der Waals surface area contributed by atoms with Crippen LogP contribution in [0, 0.1) is 0 Å². The van der Waals surface area contributed by atoms with Crippen molar-refractivity contribution in [3.63, 3.8) is 0 Å². The second-order valence-electron chi connectivity index (χ2n) is 8.13. The van der Waals surface area contributed by atoms with Gasteiger partial charge < -0.3 is 15.4 Å². The number of hydrogen-bond acceptors (Lipinski definition) is 6. The molecule has 166 valence electrons. The molecule has 2 N–H and O–H groups in total. The van der Waals surface area contributed by atoms with Crippen LogP contribution in [0.4, 0.5) is 5.82 Å². The topological polar surface area (TPSA) is 82.1 Å². The Morgan fingerprint density at radius 2 is 1.82 bits per heavy atom. The number of benzene rings is 2. The molecule has 0 aliphatic carbocycles. The minimum absolute atomic E-state index is 0.154. The second kappa shape index (κ2) is 8.78. The molecule has 0 amide bonds. The third-order valence-electron chi connectivity index (χ3n) is 6.01. The Morgan fingerprint density at radius 3 is 2.58 bits per heavy atom. The Balaban J connectivity index is 1.50. The van der Waals surface area contributed by atoms with Gasteiger partial charge in [0, 0.05) is 24.4 Å². The van der Waals surface area contributed by atoms with Crippen molar-refractivity contribution in [2.75, 3.05) is 18.8 Å². The molecule has 0 saturated carbocycles. The highest BCUT2D eigenvalue weighted by atomic mass is 16.5. The number of aromatic nitrogens is 4. The summed E-state index contributed by atoms with van der Waals surface area (Å²) in [4.78, 5) is 11.0. The molecule has 2 aromatic carbocycles. The summed E-state index contributed by atoms with van der Waals surface area (Å²) in [6.07, 6.45) is 5.35. The van der Waals surface area contributed by atoms with E-state index in [9.17, 15) is 0 Å². The third-order valence-corrected chi connectivity index (χ3v) is 6.01. The first-order valence-corrected chi connectivity index (χ1v) is 11.0. The molecule has 3 heterocycles. The van der Waals surface area contributed by atoms with Crippen LogP contribution in [0.3, 0.4) is 0 Å². The zero-order valence-electron chi connectivity index (χ0n) is 18.4. The van der Waals surface area contributed by atoms with Gasteiger partial charge in [0.25, 0.3) is 0 Å². The van der Waals surface area contributed by atoms with Crippen LogP contribution in [0.5, 0.6) is 11.5 Å². The van der Waals surface area contributed by atoms with Crippen LogP contribution in [-0.2, 0) is 0 Å². The van der Waals surface area contributed by atoms with Crippen LogP contribution in [0.2, 0.25) is 0 Å². The number of piperidine rings is 1. The minimum atomic E-state index is 0.154. The molecule has 0 radical (unpaired) electrons. The molecule has 0 bridgehead atoms. The number of nitrogens with two attached hydrogens (primary N) is 1. The fourth-order valence-electron chi connectivity index (χ4n) is 4.30. The molecule has 1 saturated heterocycles. The SMILES string of the molecule is C=CC(=C)N1CCCC(n2nc(-c3ccc(Oc4ccccc4)cc3)c3c(N)ncnc32)C1. The summed E-state index contributed by atoms with van der Waals surface area (Å²) >= 11 is 0. The maximum absolute atomic E-state index is 6.30. The van der Waals surface area contributed by atoms with Crippen LogP contribution >= 0.6 is 0 Å². The van der Waals surface area contributed by atoms with Crippen LogP contribution in [0.25, 0.3) is 22.3 Å². The van der Waals surface area contributed by atoms with Crippen molar-refractivity contribution >= 4 is 16.9 Å². The highest BCUT2D eigenvalue weighted by molar-refractivity contribution is 5.98. The lowest BCUT2D eigenvalue weighted by molar-refractivity contribution is 0.218. The predicted molar refractivity (Wildman–Crippen MR) is 131 cm³/mol. The van der Waals surface area contributed by atoms with E-state index in [2.05, 4.69) is 28.0 Å². The van der Waals surface area contributed by atoms with Crippen LogP contribution in [0.15, 0.2) is 85.9 Å². The summed E-state index contributed by atoms with van der Waals surface area (Å²) in [5.74, 6) is 1.97. The van der Waals surface area contributed by atoms with Gasteiger partial charge in [-0.05, 0) is 55.3 Å². The van der Waals surface area contributed by atoms with Crippen molar-refractivity contribution in [2.45, 2.75) is 18.9 Å². The summed E-state index contributed by atoms with van der Waals surface area (Å²) in [6.45, 7) is 9.74. The highest BCUT2D eigenvalue weighted by Gasteiger charge is 2.26. The van der Waals surface area contributed by atoms with Gasteiger partial charge in [0.1, 0.15) is 29.3 Å². The number of fused-ring (bicyclic) bond motifs is 1. The molecule has 1 unspecified atom stereocenters. The van der Waals surface area contributed by atoms with Crippen LogP contribution in [-0.4, -0.2) is 37.7 Å². The summed E-state index contributed by atoms with van der Waals surface area (Å²) < 4.78 is 7.93. The van der Waals surface area contributed by atoms with Crippen LogP contribution < -0.4 is 10.5 Å². The molecule has 7 nitrogen and oxygen atoms in total. The first-order chi connectivity index (χ1) is 16.1. The summed E-state index contributed by atoms with van der Waals surface area (Å²) in [7, 11) is 0. The van der Waals surface area contributed by atoms with E-state index in [1.807, 2.05) is 59.3 Å². The number of rotatable bonds is 6. The number of anilines is 1. The number of ether oxygens (including phenoxy) is 1. The normalized spacial score (nSPS) is 16.0. The van der Waals surface area contributed by atoms with Gasteiger partial charge in [-0.3, -0.25) is 0 Å². The van der Waals surface area contributed by atoms with E-state index in [0.29, 0.717) is 5.82 Å². The Bertz CT molecular complexity index is 1300. The summed E-state index contributed by atoms with van der Waals surface area (Å²) in [5, 5.41) is 5.76. The van der Waals surface area contributed by atoms with E-state index >= 15 is 0 Å². The molecule has 5 rings (SSSR count). The van der Waals surface area contributed by atoms with Gasteiger partial charge in [0.05, 0.1) is 11.4 Å². The fraction of sp³-hybridized carbons (Fsp3) is 0.192. The van der Waals surface area contributed by atoms with E-state index in [4.69, 9.17) is 15.6 Å². The number of allylic oxidation sites excluding steroid dienone is 1. The van der Waals surface area contributed by atoms with Crippen molar-refractivity contribution in [1.29, 1.82) is 0 Å². The van der Waals surface area contributed by atoms with Crippen molar-refractivity contribution in [1.82, 2.24) is 24.6 Å². The van der Waals surface area contributed by atoms with Gasteiger partial charge in [0.15, 0.2) is 5.65 Å². The molecule has 33 heavy (non-hydrogen) atoms. The number of nitrogen functional groups attached to an aromatic ring is 1. The summed E-state index contributed by atoms with van der Waals surface area (Å²) in [5.41, 5.74) is 9.68. The molecule has 4 aromatic rings. The van der Waals surface area contributed by atoms with Crippen LogP contribution in [0.1, 0.15) is 18.9 Å². The van der Waals surface area contributed by atoms with Gasteiger partial charge >= 0.3 is 0 Å². The van der Waals surface area contributed by atoms with E-state index in [1.165, 1.54) is 6.33 Å². The molecule has 1 atom stereocenters. The molecule has 1 aliphatic heterocycles. The average molecular weight is 439 g/mol. The zero-order chi connectivity index (χ0) is 22.8. The molecule has 7 heteroatoms. The molecule has 1 fully saturated rings. The number of hydrogen-bond donors (Lipinski definition) is 1. The van der Waals surface area contributed by atoms with E-state index in [0.717, 1.165) is 65.4 Å². The smallest absolute Gasteiger partial charge is 0.164 e. The third kappa shape index (κ3) is 4.05. The first kappa shape index (κ1) is 20.8. The fourth-order valence-corrected chi connectivity index (χ4v) is 4.30. The maximum atomic E-state index is 6.30. The van der Waals surface area contributed by atoms with E-state index in [1.54, 1.807) is 6.08 Å². The summed E-state index contributed by atoms with van der Waals surface area (Å²) in [6, 6.07) is 17.7. The van der Waals surface area contributed by atoms with E-state index in [-0.39, 0.29) is 6.04 Å². The van der Waals surface area contributed by atoms with Crippen molar-refractivity contribution in [3.8, 4) is 22.8 Å². The lowest BCUT2D eigenvalue weighted by Crippen LogP contribution is -2.35. The largest absolute Gasteiger partial charge is 0.457 e. The molecule has 0 spiro atoms. The molecule has 2 aromatic heterocycles. The Labute approximate surface area is 192 Å². The van der Waals surface area contributed by atoms with Gasteiger partial charge in [-0.1, -0.05) is 31.4 Å². The van der Waals surface area contributed by atoms with Crippen molar-refractivity contribution < 1.29 is 4.74 Å². The van der Waals surface area contributed by atoms with Gasteiger partial charge in [-0.15, -0.1) is 0 Å². The van der Waals surface area contributed by atoms with Gasteiger partial charge in [-0.2, -0.15) is 5.10 Å². The monoisotopic (exact) mass is 438 g/mol. The highest BCUT2D eigenvalue weighted by Crippen LogP contribution is 2.35. The molecular formula is C26H26N6O. The minimum Gasteiger partial charge on any atom is -0.457 e. The maximum Gasteiger partial charge on any atom is 0.164 e. The predicted octanol–water partition coefficient (Wildman–Crippen LogP) is 5.20. The Kier molecular flexibility index (Phi) is 5.52. The van der Waals surface area contributed by atoms with Gasteiger partial charge in [-0.25, -0.2) is 14.6 Å². The van der Waals surface area contributed by atoms with E-state index < -0.39 is 0 Å². The lowest BCUT2D eigenvalue weighted by Gasteiger charge is -2.34. The second-order valence-corrected chi connectivity index (χ2v) is 8.13. The zero-order valence-corrected chi connectivity index (χ0v) is 18.4. The quantitative estimate of drug-likeness (QED) is 0.417. The molecular weight excluding hydrogens is 412 g/mol. The Morgan fingerprint density at radius 1 is 1.06 bits per heavy atom. The van der Waals surface area contributed by atoms with Crippen molar-refractivity contribution in [2.24, 2.45) is 0 Å². The number of nitrogens with zero attached hydrogens (tertiary/aromatic N) is 5. The number of para-hydroxylation sites is 1. The number of likely N-dealkylation sites (tertiary alicyclic amines) is 1. The average Bonchev–Trinajstić information content (AvgIpc) is 3.26.